The van der Waals surface area contributed by atoms with Crippen LogP contribution in [0.4, 0.5) is 18.0 Å². The Balaban J connectivity index is 0.931. The molecule has 1 saturated carbocycles. The SMILES string of the molecule is COC(=O)N[C@@H](C(=O)N1CCC[C@H]1c1ncc(-c2ccc(-c3ccc(-c4cnc([C@@H]5CCCN5C(=O)C5(C(F)(F)F)CC5)[nH]4)cc3)cc2)[nH]1)c1ccccc1. The fraction of sp³-hybridized carbons (Fsp3) is 0.341. The van der Waals surface area contributed by atoms with Crippen molar-refractivity contribution < 1.29 is 32.3 Å². The van der Waals surface area contributed by atoms with Gasteiger partial charge in [-0.2, -0.15) is 13.2 Å². The summed E-state index contributed by atoms with van der Waals surface area (Å²) in [4.78, 5) is 58.0. The van der Waals surface area contributed by atoms with E-state index in [1.165, 1.54) is 12.0 Å². The molecule has 1 aliphatic carbocycles. The molecule has 2 saturated heterocycles. The van der Waals surface area contributed by atoms with Crippen LogP contribution < -0.4 is 5.32 Å². The Bertz CT molecular complexity index is 2180. The highest BCUT2D eigenvalue weighted by Gasteiger charge is 2.70. The third-order valence-corrected chi connectivity index (χ3v) is 11.1. The molecule has 3 fully saturated rings. The minimum Gasteiger partial charge on any atom is -0.453 e. The van der Waals surface area contributed by atoms with Crippen molar-refractivity contribution in [2.24, 2.45) is 5.41 Å². The Morgan fingerprint density at radius 2 is 1.25 bits per heavy atom. The number of benzene rings is 3. The van der Waals surface area contributed by atoms with Crippen LogP contribution >= 0.6 is 0 Å². The first kappa shape index (κ1) is 36.1. The van der Waals surface area contributed by atoms with Crippen LogP contribution in [-0.4, -0.2) is 74.0 Å². The van der Waals surface area contributed by atoms with Gasteiger partial charge in [0.1, 0.15) is 23.1 Å². The molecular weight excluding hydrogens is 711 g/mol. The molecule has 55 heavy (non-hydrogen) atoms. The summed E-state index contributed by atoms with van der Waals surface area (Å²) >= 11 is 0. The molecular formula is C41H40F3N7O4. The van der Waals surface area contributed by atoms with Crippen molar-refractivity contribution in [3.05, 3.63) is 108 Å². The van der Waals surface area contributed by atoms with Gasteiger partial charge in [0.2, 0.25) is 5.91 Å². The fourth-order valence-electron chi connectivity index (χ4n) is 7.89. The zero-order chi connectivity index (χ0) is 38.3. The summed E-state index contributed by atoms with van der Waals surface area (Å²) in [7, 11) is 1.27. The Morgan fingerprint density at radius 3 is 1.75 bits per heavy atom. The lowest BCUT2D eigenvalue weighted by atomic mass is 10.0. The van der Waals surface area contributed by atoms with Crippen molar-refractivity contribution in [1.82, 2.24) is 35.1 Å². The average molecular weight is 752 g/mol. The second-order valence-electron chi connectivity index (χ2n) is 14.4. The number of carbonyl (C=O) groups excluding carboxylic acids is 3. The lowest BCUT2D eigenvalue weighted by Crippen LogP contribution is -2.44. The van der Waals surface area contributed by atoms with E-state index in [1.54, 1.807) is 29.4 Å². The van der Waals surface area contributed by atoms with Gasteiger partial charge in [-0.1, -0.05) is 78.9 Å². The molecule has 0 radical (unpaired) electrons. The second kappa shape index (κ2) is 14.4. The van der Waals surface area contributed by atoms with E-state index >= 15 is 0 Å². The summed E-state index contributed by atoms with van der Waals surface area (Å²) in [6, 6.07) is 23.4. The number of likely N-dealkylation sites (tertiary alicyclic amines) is 2. The van der Waals surface area contributed by atoms with Crippen LogP contribution in [0.5, 0.6) is 0 Å². The normalized spacial score (nSPS) is 19.6. The van der Waals surface area contributed by atoms with Gasteiger partial charge in [-0.05, 0) is 66.3 Å². The molecule has 3 amide bonds. The maximum atomic E-state index is 13.8. The zero-order valence-corrected chi connectivity index (χ0v) is 30.1. The quantitative estimate of drug-likeness (QED) is 0.140. The van der Waals surface area contributed by atoms with Gasteiger partial charge >= 0.3 is 12.3 Å². The number of alkyl halides is 3. The fourth-order valence-corrected chi connectivity index (χ4v) is 7.89. The van der Waals surface area contributed by atoms with Gasteiger partial charge in [-0.15, -0.1) is 0 Å². The number of rotatable bonds is 9. The number of methoxy groups -OCH3 is 1. The highest BCUT2D eigenvalue weighted by Crippen LogP contribution is 2.59. The van der Waals surface area contributed by atoms with Gasteiger partial charge < -0.3 is 29.8 Å². The lowest BCUT2D eigenvalue weighted by molar-refractivity contribution is -0.199. The highest BCUT2D eigenvalue weighted by atomic mass is 19.4. The molecule has 2 aliphatic heterocycles. The number of H-pyrrole nitrogens is 2. The molecule has 4 heterocycles. The Labute approximate surface area is 315 Å². The van der Waals surface area contributed by atoms with Crippen molar-refractivity contribution in [3.8, 4) is 33.6 Å². The number of hydrogen-bond donors (Lipinski definition) is 3. The molecule has 14 heteroatoms. The largest absolute Gasteiger partial charge is 0.453 e. The zero-order valence-electron chi connectivity index (χ0n) is 30.1. The number of halogens is 3. The van der Waals surface area contributed by atoms with E-state index in [2.05, 4.69) is 25.3 Å². The Morgan fingerprint density at radius 1 is 0.764 bits per heavy atom. The third kappa shape index (κ3) is 6.85. The van der Waals surface area contributed by atoms with Crippen LogP contribution in [0.15, 0.2) is 91.3 Å². The van der Waals surface area contributed by atoms with Crippen LogP contribution in [0.2, 0.25) is 0 Å². The standard InChI is InChI=1S/C41H40F3N7O4/c1-55-39(54)49-34(29-7-3-2-4-8-29)37(52)50-21-5-9-32(50)35-45-23-30(47-35)27-15-11-25(12-16-27)26-13-17-28(18-14-26)31-24-46-36(48-31)33-10-6-22-51(33)38(53)40(19-20-40)41(42,43)44/h2-4,7-8,11-18,23-24,32-34H,5-6,9-10,19-22H2,1H3,(H,45,47)(H,46,48)(H,49,54)/t32-,33-,34+/m0/s1. The molecule has 0 unspecified atom stereocenters. The highest BCUT2D eigenvalue weighted by molar-refractivity contribution is 5.88. The van der Waals surface area contributed by atoms with E-state index in [9.17, 15) is 27.6 Å². The summed E-state index contributed by atoms with van der Waals surface area (Å²) in [6.07, 6.45) is 0.612. The second-order valence-corrected chi connectivity index (χ2v) is 14.4. The van der Waals surface area contributed by atoms with E-state index in [1.807, 2.05) is 66.7 Å². The summed E-state index contributed by atoms with van der Waals surface area (Å²) < 4.78 is 45.9. The van der Waals surface area contributed by atoms with Crippen LogP contribution in [0.25, 0.3) is 33.6 Å². The number of carbonyl (C=O) groups is 3. The topological polar surface area (TPSA) is 136 Å². The maximum Gasteiger partial charge on any atom is 0.407 e. The summed E-state index contributed by atoms with van der Waals surface area (Å²) in [5.41, 5.74) is 3.74. The van der Waals surface area contributed by atoms with Gasteiger partial charge in [-0.25, -0.2) is 14.8 Å². The molecule has 3 aromatic carbocycles. The monoisotopic (exact) mass is 751 g/mol. The van der Waals surface area contributed by atoms with Crippen molar-refractivity contribution in [3.63, 3.8) is 0 Å². The number of hydrogen-bond acceptors (Lipinski definition) is 6. The van der Waals surface area contributed by atoms with Gasteiger partial charge in [0.25, 0.3) is 5.91 Å². The smallest absolute Gasteiger partial charge is 0.407 e. The first-order valence-corrected chi connectivity index (χ1v) is 18.4. The lowest BCUT2D eigenvalue weighted by Gasteiger charge is -2.29. The van der Waals surface area contributed by atoms with Gasteiger partial charge in [0, 0.05) is 13.1 Å². The van der Waals surface area contributed by atoms with Crippen molar-refractivity contribution in [2.45, 2.75) is 62.8 Å². The molecule has 11 nitrogen and oxygen atoms in total. The van der Waals surface area contributed by atoms with Crippen molar-refractivity contribution in [2.75, 3.05) is 20.2 Å². The summed E-state index contributed by atoms with van der Waals surface area (Å²) in [5, 5.41) is 2.69. The number of aromatic amines is 2. The number of ether oxygens (including phenoxy) is 1. The van der Waals surface area contributed by atoms with Crippen LogP contribution in [0, 0.1) is 5.41 Å². The predicted molar refractivity (Wildman–Crippen MR) is 197 cm³/mol. The molecule has 3 atom stereocenters. The van der Waals surface area contributed by atoms with E-state index in [0.29, 0.717) is 43.1 Å². The van der Waals surface area contributed by atoms with Crippen LogP contribution in [0.3, 0.4) is 0 Å². The molecule has 2 aromatic heterocycles. The summed E-state index contributed by atoms with van der Waals surface area (Å²) in [6.45, 7) is 0.826. The van der Waals surface area contributed by atoms with Crippen molar-refractivity contribution >= 4 is 17.9 Å². The van der Waals surface area contributed by atoms with Gasteiger partial charge in [0.15, 0.2) is 0 Å². The molecule has 8 rings (SSSR count). The Hall–Kier alpha value is -5.92. The Kier molecular flexibility index (Phi) is 9.43. The number of nitrogens with zero attached hydrogens (tertiary/aromatic N) is 4. The average Bonchev–Trinajstić information content (AvgIpc) is 3.70. The maximum absolute atomic E-state index is 13.8. The van der Waals surface area contributed by atoms with E-state index in [0.717, 1.165) is 46.5 Å². The third-order valence-electron chi connectivity index (χ3n) is 11.1. The first-order valence-electron chi connectivity index (χ1n) is 18.4. The van der Waals surface area contributed by atoms with Crippen LogP contribution in [-0.2, 0) is 14.3 Å². The minimum atomic E-state index is -4.54. The number of aromatic nitrogens is 4. The van der Waals surface area contributed by atoms with Gasteiger partial charge in [0.05, 0.1) is 43.0 Å². The van der Waals surface area contributed by atoms with E-state index < -0.39 is 35.7 Å². The van der Waals surface area contributed by atoms with Gasteiger partial charge in [-0.3, -0.25) is 9.59 Å². The molecule has 3 aliphatic rings. The number of amides is 3. The number of imidazole rings is 2. The molecule has 284 valence electrons. The van der Waals surface area contributed by atoms with E-state index in [4.69, 9.17) is 4.74 Å². The van der Waals surface area contributed by atoms with E-state index in [-0.39, 0.29) is 24.8 Å². The molecule has 0 spiro atoms. The van der Waals surface area contributed by atoms with Crippen LogP contribution in [0.1, 0.15) is 73.9 Å². The number of nitrogens with one attached hydrogen (secondary N) is 3. The summed E-state index contributed by atoms with van der Waals surface area (Å²) in [5.74, 6) is 0.107. The molecule has 3 N–H and O–H groups in total. The molecule has 5 aromatic rings. The predicted octanol–water partition coefficient (Wildman–Crippen LogP) is 7.90. The first-order chi connectivity index (χ1) is 26.6. The number of alkyl carbamates (subject to hydrolysis) is 1. The molecule has 0 bridgehead atoms. The minimum absolute atomic E-state index is 0.153. The van der Waals surface area contributed by atoms with Crippen molar-refractivity contribution in [1.29, 1.82) is 0 Å².